The third-order valence-corrected chi connectivity index (χ3v) is 4.59. The molecule has 3 aromatic rings. The maximum atomic E-state index is 13.0. The Morgan fingerprint density at radius 1 is 1.22 bits per heavy atom. The van der Waals surface area contributed by atoms with E-state index in [1.165, 1.54) is 12.1 Å². The highest BCUT2D eigenvalue weighted by Crippen LogP contribution is 2.26. The van der Waals surface area contributed by atoms with Crippen LogP contribution in [0.2, 0.25) is 0 Å². The lowest BCUT2D eigenvalue weighted by Crippen LogP contribution is -2.11. The van der Waals surface area contributed by atoms with Gasteiger partial charge >= 0.3 is 0 Å². The Morgan fingerprint density at radius 3 is 2.74 bits per heavy atom. The summed E-state index contributed by atoms with van der Waals surface area (Å²) in [5, 5.41) is 6.84. The average Bonchev–Trinajstić information content (AvgIpc) is 3.05. The number of nitrogens with zero attached hydrogens (tertiary/aromatic N) is 2. The van der Waals surface area contributed by atoms with E-state index in [0.717, 1.165) is 16.4 Å². The maximum Gasteiger partial charge on any atom is 0.269 e. The first-order chi connectivity index (χ1) is 11.2. The van der Waals surface area contributed by atoms with Gasteiger partial charge in [-0.25, -0.2) is 4.39 Å². The van der Waals surface area contributed by atoms with Gasteiger partial charge in [0.25, 0.3) is 5.91 Å². The minimum Gasteiger partial charge on any atom is -0.321 e. The van der Waals surface area contributed by atoms with Gasteiger partial charge in [0.2, 0.25) is 0 Å². The van der Waals surface area contributed by atoms with Crippen LogP contribution in [0, 0.1) is 5.82 Å². The van der Waals surface area contributed by atoms with Gasteiger partial charge in [-0.1, -0.05) is 10.6 Å². The lowest BCUT2D eigenvalue weighted by atomic mass is 10.1. The first kappa shape index (κ1) is 15.6. The van der Waals surface area contributed by atoms with Crippen molar-refractivity contribution in [1.82, 2.24) is 9.59 Å². The van der Waals surface area contributed by atoms with E-state index in [2.05, 4.69) is 14.9 Å². The lowest BCUT2D eigenvalue weighted by molar-refractivity contribution is 0.103. The Labute approximate surface area is 140 Å². The Hall–Kier alpha value is -2.25. The number of thioether (sulfide) groups is 1. The van der Waals surface area contributed by atoms with Crippen LogP contribution in [0.15, 0.2) is 53.4 Å². The summed E-state index contributed by atoms with van der Waals surface area (Å²) in [5.41, 5.74) is 1.82. The Balaban J connectivity index is 1.86. The largest absolute Gasteiger partial charge is 0.321 e. The molecule has 0 saturated heterocycles. The van der Waals surface area contributed by atoms with Gasteiger partial charge in [-0.05, 0) is 60.3 Å². The van der Waals surface area contributed by atoms with Gasteiger partial charge in [0.15, 0.2) is 0 Å². The zero-order chi connectivity index (χ0) is 16.2. The van der Waals surface area contributed by atoms with E-state index < -0.39 is 0 Å². The molecule has 0 aliphatic carbocycles. The normalized spacial score (nSPS) is 10.5. The van der Waals surface area contributed by atoms with Gasteiger partial charge in [-0.15, -0.1) is 16.9 Å². The van der Waals surface area contributed by atoms with Gasteiger partial charge in [-0.2, -0.15) is 0 Å². The third kappa shape index (κ3) is 3.57. The lowest BCUT2D eigenvalue weighted by Gasteiger charge is -2.06. The molecule has 1 heterocycles. The number of halogens is 1. The van der Waals surface area contributed by atoms with Crippen molar-refractivity contribution in [2.24, 2.45) is 0 Å². The van der Waals surface area contributed by atoms with Crippen LogP contribution in [0.5, 0.6) is 0 Å². The van der Waals surface area contributed by atoms with E-state index in [-0.39, 0.29) is 11.7 Å². The molecule has 3 rings (SSSR count). The van der Waals surface area contributed by atoms with E-state index in [1.54, 1.807) is 23.9 Å². The van der Waals surface area contributed by atoms with Crippen molar-refractivity contribution >= 4 is 34.9 Å². The van der Waals surface area contributed by atoms with E-state index in [1.807, 2.05) is 30.5 Å². The van der Waals surface area contributed by atoms with Crippen molar-refractivity contribution in [1.29, 1.82) is 0 Å². The molecule has 4 nitrogen and oxygen atoms in total. The molecule has 1 amide bonds. The summed E-state index contributed by atoms with van der Waals surface area (Å²) in [6, 6.07) is 13.4. The van der Waals surface area contributed by atoms with Crippen LogP contribution in [0.3, 0.4) is 0 Å². The monoisotopic (exact) mass is 345 g/mol. The molecule has 0 saturated carbocycles. The predicted molar refractivity (Wildman–Crippen MR) is 91.5 cm³/mol. The summed E-state index contributed by atoms with van der Waals surface area (Å²) in [6.45, 7) is 0. The molecular weight excluding hydrogens is 333 g/mol. The fraction of sp³-hybridized carbons (Fsp3) is 0.0625. The topological polar surface area (TPSA) is 54.9 Å². The SMILES string of the molecule is CSc1cccc(NC(=O)c2snnc2-c2ccc(F)cc2)c1. The molecule has 0 unspecified atom stereocenters. The van der Waals surface area contributed by atoms with Crippen LogP contribution in [0.25, 0.3) is 11.3 Å². The number of hydrogen-bond donors (Lipinski definition) is 1. The number of amides is 1. The first-order valence-electron chi connectivity index (χ1n) is 6.71. The number of anilines is 1. The highest BCUT2D eigenvalue weighted by atomic mass is 32.2. The summed E-state index contributed by atoms with van der Waals surface area (Å²) in [7, 11) is 0. The van der Waals surface area contributed by atoms with Crippen molar-refractivity contribution < 1.29 is 9.18 Å². The number of carbonyl (C=O) groups excluding carboxylic acids is 1. The number of benzene rings is 2. The molecule has 0 aliphatic heterocycles. The van der Waals surface area contributed by atoms with Crippen LogP contribution in [-0.4, -0.2) is 21.7 Å². The quantitative estimate of drug-likeness (QED) is 0.716. The summed E-state index contributed by atoms with van der Waals surface area (Å²) in [6.07, 6.45) is 1.97. The smallest absolute Gasteiger partial charge is 0.269 e. The molecule has 1 aromatic heterocycles. The fourth-order valence-corrected chi connectivity index (χ4v) is 3.07. The van der Waals surface area contributed by atoms with Gasteiger partial charge in [0, 0.05) is 16.1 Å². The van der Waals surface area contributed by atoms with Crippen molar-refractivity contribution in [2.75, 3.05) is 11.6 Å². The fourth-order valence-electron chi connectivity index (χ4n) is 2.02. The van der Waals surface area contributed by atoms with Crippen LogP contribution < -0.4 is 5.32 Å². The minimum atomic E-state index is -0.336. The van der Waals surface area contributed by atoms with Crippen molar-refractivity contribution in [2.45, 2.75) is 4.90 Å². The van der Waals surface area contributed by atoms with Gasteiger partial charge in [0.05, 0.1) is 0 Å². The molecule has 0 aliphatic rings. The molecule has 0 radical (unpaired) electrons. The van der Waals surface area contributed by atoms with Crippen LogP contribution in [0.1, 0.15) is 9.67 Å². The molecule has 0 fully saturated rings. The Bertz CT molecular complexity index is 833. The van der Waals surface area contributed by atoms with Crippen molar-refractivity contribution in [3.63, 3.8) is 0 Å². The second-order valence-electron chi connectivity index (χ2n) is 4.64. The predicted octanol–water partition coefficient (Wildman–Crippen LogP) is 4.32. The second kappa shape index (κ2) is 6.89. The number of nitrogens with one attached hydrogen (secondary N) is 1. The molecule has 0 atom stereocenters. The molecular formula is C16H12FN3OS2. The van der Waals surface area contributed by atoms with Gasteiger partial charge in [-0.3, -0.25) is 4.79 Å². The van der Waals surface area contributed by atoms with Gasteiger partial charge < -0.3 is 5.32 Å². The maximum absolute atomic E-state index is 13.0. The van der Waals surface area contributed by atoms with E-state index in [0.29, 0.717) is 21.8 Å². The van der Waals surface area contributed by atoms with E-state index in [4.69, 9.17) is 0 Å². The highest BCUT2D eigenvalue weighted by Gasteiger charge is 2.18. The summed E-state index contributed by atoms with van der Waals surface area (Å²) in [5.74, 6) is -0.616. The number of hydrogen-bond acceptors (Lipinski definition) is 5. The van der Waals surface area contributed by atoms with Crippen molar-refractivity contribution in [3.05, 3.63) is 59.2 Å². The van der Waals surface area contributed by atoms with Crippen LogP contribution in [0.4, 0.5) is 10.1 Å². The Kier molecular flexibility index (Phi) is 4.68. The van der Waals surface area contributed by atoms with Crippen molar-refractivity contribution in [3.8, 4) is 11.3 Å². The molecule has 7 heteroatoms. The summed E-state index contributed by atoms with van der Waals surface area (Å²) < 4.78 is 16.9. The standard InChI is InChI=1S/C16H12FN3OS2/c1-22-13-4-2-3-12(9-13)18-16(21)15-14(19-20-23-15)10-5-7-11(17)8-6-10/h2-9H,1H3,(H,18,21). The molecule has 0 spiro atoms. The molecule has 116 valence electrons. The highest BCUT2D eigenvalue weighted by molar-refractivity contribution is 7.98. The second-order valence-corrected chi connectivity index (χ2v) is 6.28. The number of carbonyl (C=O) groups is 1. The van der Waals surface area contributed by atoms with Crippen LogP contribution >= 0.6 is 23.3 Å². The molecule has 1 N–H and O–H groups in total. The number of rotatable bonds is 4. The average molecular weight is 345 g/mol. The summed E-state index contributed by atoms with van der Waals surface area (Å²) in [4.78, 5) is 13.9. The number of aromatic nitrogens is 2. The Morgan fingerprint density at radius 2 is 2.00 bits per heavy atom. The van der Waals surface area contributed by atoms with Crippen LogP contribution in [-0.2, 0) is 0 Å². The molecule has 23 heavy (non-hydrogen) atoms. The zero-order valence-corrected chi connectivity index (χ0v) is 13.7. The molecule has 2 aromatic carbocycles. The van der Waals surface area contributed by atoms with E-state index in [9.17, 15) is 9.18 Å². The third-order valence-electron chi connectivity index (χ3n) is 3.14. The first-order valence-corrected chi connectivity index (χ1v) is 8.71. The zero-order valence-electron chi connectivity index (χ0n) is 12.1. The summed E-state index contributed by atoms with van der Waals surface area (Å²) >= 11 is 2.61. The van der Waals surface area contributed by atoms with E-state index >= 15 is 0 Å². The van der Waals surface area contributed by atoms with Gasteiger partial charge in [0.1, 0.15) is 16.4 Å². The minimum absolute atomic E-state index is 0.280. The molecule has 0 bridgehead atoms.